The van der Waals surface area contributed by atoms with E-state index in [1.54, 1.807) is 12.5 Å². The standard InChI is InChI=1S/C15H11N3O/c1-2-4-12-11(3-1)5-6-13-14(17-19-15(12)13)9-18-8-7-16-10-18/h1-8,10H,9H2. The molecule has 2 aromatic carbocycles. The molecule has 0 saturated carbocycles. The topological polar surface area (TPSA) is 43.9 Å². The Morgan fingerprint density at radius 3 is 2.89 bits per heavy atom. The molecule has 0 aliphatic heterocycles. The van der Waals surface area contributed by atoms with Gasteiger partial charge in [0.1, 0.15) is 5.69 Å². The Bertz CT molecular complexity index is 846. The van der Waals surface area contributed by atoms with Crippen molar-refractivity contribution in [1.29, 1.82) is 0 Å². The van der Waals surface area contributed by atoms with Crippen LogP contribution in [0.4, 0.5) is 0 Å². The maximum absolute atomic E-state index is 5.53. The highest BCUT2D eigenvalue weighted by Gasteiger charge is 2.11. The van der Waals surface area contributed by atoms with Crippen LogP contribution in [0.25, 0.3) is 21.7 Å². The third-order valence-corrected chi connectivity index (χ3v) is 3.33. The van der Waals surface area contributed by atoms with Crippen molar-refractivity contribution >= 4 is 21.7 Å². The van der Waals surface area contributed by atoms with Gasteiger partial charge in [-0.1, -0.05) is 35.5 Å². The average molecular weight is 249 g/mol. The van der Waals surface area contributed by atoms with Gasteiger partial charge < -0.3 is 9.09 Å². The number of aromatic nitrogens is 3. The van der Waals surface area contributed by atoms with Crippen molar-refractivity contribution in [2.24, 2.45) is 0 Å². The normalized spacial score (nSPS) is 11.4. The summed E-state index contributed by atoms with van der Waals surface area (Å²) in [6, 6.07) is 12.3. The quantitative estimate of drug-likeness (QED) is 0.548. The second-order valence-corrected chi connectivity index (χ2v) is 4.53. The van der Waals surface area contributed by atoms with Crippen LogP contribution >= 0.6 is 0 Å². The zero-order valence-electron chi connectivity index (χ0n) is 10.2. The van der Waals surface area contributed by atoms with Crippen LogP contribution in [0.2, 0.25) is 0 Å². The van der Waals surface area contributed by atoms with Crippen molar-refractivity contribution in [2.45, 2.75) is 6.54 Å². The summed E-state index contributed by atoms with van der Waals surface area (Å²) in [6.45, 7) is 0.672. The maximum atomic E-state index is 5.53. The number of rotatable bonds is 2. The van der Waals surface area contributed by atoms with Crippen molar-refractivity contribution in [3.63, 3.8) is 0 Å². The van der Waals surface area contributed by atoms with E-state index in [1.165, 1.54) is 5.39 Å². The van der Waals surface area contributed by atoms with Crippen molar-refractivity contribution < 1.29 is 4.52 Å². The molecule has 0 spiro atoms. The second-order valence-electron chi connectivity index (χ2n) is 4.53. The monoisotopic (exact) mass is 249 g/mol. The largest absolute Gasteiger partial charge is 0.355 e. The lowest BCUT2D eigenvalue weighted by Gasteiger charge is -1.99. The van der Waals surface area contributed by atoms with Crippen LogP contribution in [-0.2, 0) is 6.54 Å². The molecule has 0 radical (unpaired) electrons. The number of benzene rings is 2. The average Bonchev–Trinajstić information content (AvgIpc) is 3.09. The van der Waals surface area contributed by atoms with E-state index in [0.29, 0.717) is 6.54 Å². The molecule has 2 heterocycles. The fourth-order valence-corrected chi connectivity index (χ4v) is 2.39. The molecule has 19 heavy (non-hydrogen) atoms. The lowest BCUT2D eigenvalue weighted by Crippen LogP contribution is -1.96. The molecule has 0 N–H and O–H groups in total. The highest BCUT2D eigenvalue weighted by molar-refractivity contribution is 6.04. The van der Waals surface area contributed by atoms with Gasteiger partial charge in [0.2, 0.25) is 0 Å². The van der Waals surface area contributed by atoms with Crippen molar-refractivity contribution in [3.05, 3.63) is 60.8 Å². The molecule has 4 rings (SSSR count). The Morgan fingerprint density at radius 2 is 2.00 bits per heavy atom. The van der Waals surface area contributed by atoms with Gasteiger partial charge >= 0.3 is 0 Å². The molecule has 0 unspecified atom stereocenters. The minimum absolute atomic E-state index is 0.672. The van der Waals surface area contributed by atoms with E-state index in [2.05, 4.69) is 34.4 Å². The van der Waals surface area contributed by atoms with E-state index >= 15 is 0 Å². The molecule has 0 atom stereocenters. The van der Waals surface area contributed by atoms with Crippen molar-refractivity contribution in [3.8, 4) is 0 Å². The molecule has 0 bridgehead atoms. The highest BCUT2D eigenvalue weighted by Crippen LogP contribution is 2.27. The van der Waals surface area contributed by atoms with E-state index < -0.39 is 0 Å². The summed E-state index contributed by atoms with van der Waals surface area (Å²) >= 11 is 0. The minimum atomic E-state index is 0.672. The van der Waals surface area contributed by atoms with Gasteiger partial charge in [-0.3, -0.25) is 0 Å². The maximum Gasteiger partial charge on any atom is 0.175 e. The zero-order chi connectivity index (χ0) is 12.7. The fourth-order valence-electron chi connectivity index (χ4n) is 2.39. The third-order valence-electron chi connectivity index (χ3n) is 3.33. The van der Waals surface area contributed by atoms with Crippen LogP contribution in [0.15, 0.2) is 59.6 Å². The molecule has 2 aromatic heterocycles. The Kier molecular flexibility index (Phi) is 2.14. The van der Waals surface area contributed by atoms with Crippen LogP contribution in [0, 0.1) is 0 Å². The Balaban J connectivity index is 1.92. The van der Waals surface area contributed by atoms with E-state index in [-0.39, 0.29) is 0 Å². The van der Waals surface area contributed by atoms with Gasteiger partial charge in [-0.05, 0) is 11.5 Å². The summed E-state index contributed by atoms with van der Waals surface area (Å²) in [7, 11) is 0. The van der Waals surface area contributed by atoms with Crippen molar-refractivity contribution in [1.82, 2.24) is 14.7 Å². The Labute approximate surface area is 109 Å². The van der Waals surface area contributed by atoms with Gasteiger partial charge in [0.25, 0.3) is 0 Å². The molecule has 0 saturated heterocycles. The molecule has 4 nitrogen and oxygen atoms in total. The van der Waals surface area contributed by atoms with E-state index in [1.807, 2.05) is 22.9 Å². The molecule has 4 heteroatoms. The molecular formula is C15H11N3O. The number of hydrogen-bond donors (Lipinski definition) is 0. The van der Waals surface area contributed by atoms with Gasteiger partial charge in [0.05, 0.1) is 12.9 Å². The molecule has 0 amide bonds. The first-order chi connectivity index (χ1) is 9.42. The predicted octanol–water partition coefficient (Wildman–Crippen LogP) is 3.23. The lowest BCUT2D eigenvalue weighted by atomic mass is 10.1. The Hall–Kier alpha value is -2.62. The summed E-state index contributed by atoms with van der Waals surface area (Å²) in [6.07, 6.45) is 5.46. The summed E-state index contributed by atoms with van der Waals surface area (Å²) in [5, 5.41) is 7.53. The molecule has 0 aliphatic carbocycles. The summed E-state index contributed by atoms with van der Waals surface area (Å²) in [4.78, 5) is 4.04. The Morgan fingerprint density at radius 1 is 1.05 bits per heavy atom. The second kappa shape index (κ2) is 3.95. The molecular weight excluding hydrogens is 238 g/mol. The predicted molar refractivity (Wildman–Crippen MR) is 72.8 cm³/mol. The SMILES string of the molecule is c1ccc2c(c1)ccc1c(Cn3ccnc3)noc12. The molecule has 4 aromatic rings. The zero-order valence-corrected chi connectivity index (χ0v) is 10.2. The lowest BCUT2D eigenvalue weighted by molar-refractivity contribution is 0.445. The molecule has 0 fully saturated rings. The first kappa shape index (κ1) is 10.3. The van der Waals surface area contributed by atoms with Gasteiger partial charge in [-0.25, -0.2) is 4.98 Å². The van der Waals surface area contributed by atoms with Crippen LogP contribution in [0.1, 0.15) is 5.69 Å². The van der Waals surface area contributed by atoms with Crippen LogP contribution in [-0.4, -0.2) is 14.7 Å². The third kappa shape index (κ3) is 1.61. The number of nitrogens with zero attached hydrogens (tertiary/aromatic N) is 3. The van der Waals surface area contributed by atoms with Crippen LogP contribution < -0.4 is 0 Å². The van der Waals surface area contributed by atoms with Gasteiger partial charge in [-0.2, -0.15) is 0 Å². The number of fused-ring (bicyclic) bond motifs is 3. The van der Waals surface area contributed by atoms with E-state index in [9.17, 15) is 0 Å². The van der Waals surface area contributed by atoms with Crippen molar-refractivity contribution in [2.75, 3.05) is 0 Å². The van der Waals surface area contributed by atoms with E-state index in [4.69, 9.17) is 4.52 Å². The minimum Gasteiger partial charge on any atom is -0.355 e. The molecule has 0 aliphatic rings. The first-order valence-corrected chi connectivity index (χ1v) is 6.13. The summed E-state index contributed by atoms with van der Waals surface area (Å²) in [5.74, 6) is 0. The summed E-state index contributed by atoms with van der Waals surface area (Å²) < 4.78 is 7.51. The van der Waals surface area contributed by atoms with Crippen LogP contribution in [0.3, 0.4) is 0 Å². The molecule has 92 valence electrons. The summed E-state index contributed by atoms with van der Waals surface area (Å²) in [5.41, 5.74) is 1.78. The fraction of sp³-hybridized carbons (Fsp3) is 0.0667. The number of hydrogen-bond acceptors (Lipinski definition) is 3. The first-order valence-electron chi connectivity index (χ1n) is 6.13. The van der Waals surface area contributed by atoms with Gasteiger partial charge in [0.15, 0.2) is 5.58 Å². The van der Waals surface area contributed by atoms with Gasteiger partial charge in [0, 0.05) is 23.2 Å². The number of imidazole rings is 1. The van der Waals surface area contributed by atoms with Gasteiger partial charge in [-0.15, -0.1) is 0 Å². The highest BCUT2D eigenvalue weighted by atomic mass is 16.5. The smallest absolute Gasteiger partial charge is 0.175 e. The van der Waals surface area contributed by atoms with E-state index in [0.717, 1.165) is 22.0 Å². The van der Waals surface area contributed by atoms with Crippen LogP contribution in [0.5, 0.6) is 0 Å².